The van der Waals surface area contributed by atoms with E-state index in [4.69, 9.17) is 0 Å². The van der Waals surface area contributed by atoms with Crippen LogP contribution < -0.4 is 10.6 Å². The molecule has 0 fully saturated rings. The lowest BCUT2D eigenvalue weighted by Crippen LogP contribution is -2.37. The summed E-state index contributed by atoms with van der Waals surface area (Å²) < 4.78 is 13.4. The van der Waals surface area contributed by atoms with Crippen LogP contribution in [0.3, 0.4) is 0 Å². The van der Waals surface area contributed by atoms with E-state index in [0.717, 1.165) is 40.3 Å². The van der Waals surface area contributed by atoms with Crippen LogP contribution in [0.2, 0.25) is 0 Å². The first-order valence-corrected chi connectivity index (χ1v) is 9.15. The number of guanidine groups is 1. The lowest BCUT2D eigenvalue weighted by atomic mass is 10.1. The van der Waals surface area contributed by atoms with Crippen molar-refractivity contribution in [1.29, 1.82) is 0 Å². The van der Waals surface area contributed by atoms with Crippen LogP contribution in [0.25, 0.3) is 10.9 Å². The number of hydrogen-bond donors (Lipinski definition) is 3. The average molecular weight is 487 g/mol. The fourth-order valence-corrected chi connectivity index (χ4v) is 3.45. The van der Waals surface area contributed by atoms with Gasteiger partial charge in [0.1, 0.15) is 10.8 Å². The minimum atomic E-state index is -0.214. The van der Waals surface area contributed by atoms with E-state index in [2.05, 4.69) is 32.5 Å². The number of aliphatic imine (C=N–C) groups is 1. The van der Waals surface area contributed by atoms with Crippen molar-refractivity contribution in [2.24, 2.45) is 4.99 Å². The molecule has 2 aromatic heterocycles. The van der Waals surface area contributed by atoms with Gasteiger partial charge in [-0.1, -0.05) is 6.92 Å². The summed E-state index contributed by atoms with van der Waals surface area (Å²) in [5.74, 6) is 0.521. The normalized spacial score (nSPS) is 11.4. The Balaban J connectivity index is 0.00000243. The molecule has 2 heterocycles. The number of nitrogens with zero attached hydrogens (tertiary/aromatic N) is 2. The molecule has 0 aliphatic carbocycles. The molecule has 1 aromatic carbocycles. The number of halogens is 2. The molecule has 0 atom stereocenters. The van der Waals surface area contributed by atoms with Gasteiger partial charge in [0.2, 0.25) is 0 Å². The van der Waals surface area contributed by atoms with Gasteiger partial charge in [0.25, 0.3) is 0 Å². The molecular formula is C18H23FIN5S. The predicted octanol–water partition coefficient (Wildman–Crippen LogP) is 3.85. The lowest BCUT2D eigenvalue weighted by molar-refractivity contribution is 0.629. The molecule has 0 unspecified atom stereocenters. The molecule has 0 spiro atoms. The minimum Gasteiger partial charge on any atom is -0.361 e. The number of nitrogens with one attached hydrogen (secondary N) is 3. The second-order valence-electron chi connectivity index (χ2n) is 5.68. The summed E-state index contributed by atoms with van der Waals surface area (Å²) in [7, 11) is 1.75. The number of aromatic amines is 1. The van der Waals surface area contributed by atoms with Gasteiger partial charge >= 0.3 is 0 Å². The zero-order valence-electron chi connectivity index (χ0n) is 14.8. The zero-order valence-corrected chi connectivity index (χ0v) is 18.0. The molecule has 5 nitrogen and oxygen atoms in total. The number of rotatable bonds is 6. The Morgan fingerprint density at radius 2 is 2.19 bits per heavy atom. The third kappa shape index (κ3) is 5.16. The number of fused-ring (bicyclic) bond motifs is 1. The molecule has 0 saturated heterocycles. The maximum absolute atomic E-state index is 13.4. The molecule has 0 bridgehead atoms. The van der Waals surface area contributed by atoms with Crippen LogP contribution in [0, 0.1) is 5.82 Å². The van der Waals surface area contributed by atoms with Gasteiger partial charge in [0.05, 0.1) is 6.54 Å². The number of hydrogen-bond acceptors (Lipinski definition) is 3. The third-order valence-electron chi connectivity index (χ3n) is 4.00. The fourth-order valence-electron chi connectivity index (χ4n) is 2.65. The molecule has 8 heteroatoms. The maximum atomic E-state index is 13.4. The Bertz CT molecular complexity index is 873. The van der Waals surface area contributed by atoms with Crippen molar-refractivity contribution in [2.75, 3.05) is 13.6 Å². The van der Waals surface area contributed by atoms with E-state index in [-0.39, 0.29) is 29.8 Å². The van der Waals surface area contributed by atoms with Crippen LogP contribution in [-0.2, 0) is 19.4 Å². The van der Waals surface area contributed by atoms with Crippen LogP contribution >= 0.6 is 35.3 Å². The molecule has 26 heavy (non-hydrogen) atoms. The molecule has 0 amide bonds. The van der Waals surface area contributed by atoms with Gasteiger partial charge in [0.15, 0.2) is 5.96 Å². The highest BCUT2D eigenvalue weighted by Crippen LogP contribution is 2.19. The van der Waals surface area contributed by atoms with E-state index >= 15 is 0 Å². The van der Waals surface area contributed by atoms with Crippen LogP contribution in [0.4, 0.5) is 4.39 Å². The molecule has 0 aliphatic heterocycles. The monoisotopic (exact) mass is 487 g/mol. The molecule has 0 radical (unpaired) electrons. The quantitative estimate of drug-likeness (QED) is 0.281. The number of aromatic nitrogens is 2. The first kappa shape index (κ1) is 20.6. The Labute approximate surface area is 173 Å². The van der Waals surface area contributed by atoms with Crippen LogP contribution in [0.1, 0.15) is 22.4 Å². The van der Waals surface area contributed by atoms with Crippen LogP contribution in [0.5, 0.6) is 0 Å². The highest BCUT2D eigenvalue weighted by atomic mass is 127. The zero-order chi connectivity index (χ0) is 17.6. The highest BCUT2D eigenvalue weighted by Gasteiger charge is 2.06. The summed E-state index contributed by atoms with van der Waals surface area (Å²) in [4.78, 5) is 13.1. The predicted molar refractivity (Wildman–Crippen MR) is 117 cm³/mol. The van der Waals surface area contributed by atoms with Gasteiger partial charge in [-0.15, -0.1) is 35.3 Å². The second kappa shape index (κ2) is 9.86. The summed E-state index contributed by atoms with van der Waals surface area (Å²) >= 11 is 1.71. The van der Waals surface area contributed by atoms with Gasteiger partial charge in [-0.3, -0.25) is 4.99 Å². The van der Waals surface area contributed by atoms with Crippen LogP contribution in [0.15, 0.2) is 35.6 Å². The van der Waals surface area contributed by atoms with Gasteiger partial charge in [-0.25, -0.2) is 9.37 Å². The van der Waals surface area contributed by atoms with Crippen molar-refractivity contribution in [1.82, 2.24) is 20.6 Å². The van der Waals surface area contributed by atoms with Crippen molar-refractivity contribution in [3.63, 3.8) is 0 Å². The maximum Gasteiger partial charge on any atom is 0.191 e. The average Bonchev–Trinajstić information content (AvgIpc) is 3.24. The van der Waals surface area contributed by atoms with Gasteiger partial charge < -0.3 is 15.6 Å². The summed E-state index contributed by atoms with van der Waals surface area (Å²) in [5, 5.41) is 8.53. The van der Waals surface area contributed by atoms with E-state index in [9.17, 15) is 4.39 Å². The van der Waals surface area contributed by atoms with Crippen molar-refractivity contribution >= 4 is 52.2 Å². The summed E-state index contributed by atoms with van der Waals surface area (Å²) in [5.41, 5.74) is 2.04. The minimum absolute atomic E-state index is 0. The van der Waals surface area contributed by atoms with Gasteiger partial charge in [0, 0.05) is 41.8 Å². The molecule has 140 valence electrons. The number of aryl methyl sites for hydroxylation is 1. The van der Waals surface area contributed by atoms with Crippen molar-refractivity contribution in [2.45, 2.75) is 26.3 Å². The smallest absolute Gasteiger partial charge is 0.191 e. The van der Waals surface area contributed by atoms with E-state index in [1.807, 2.05) is 12.4 Å². The van der Waals surface area contributed by atoms with E-state index in [1.165, 1.54) is 10.9 Å². The van der Waals surface area contributed by atoms with Crippen LogP contribution in [-0.4, -0.2) is 29.5 Å². The Hall–Kier alpha value is -1.68. The highest BCUT2D eigenvalue weighted by molar-refractivity contribution is 14.0. The molecule has 3 aromatic rings. The van der Waals surface area contributed by atoms with E-state index in [0.29, 0.717) is 13.1 Å². The third-order valence-corrected chi connectivity index (χ3v) is 5.14. The van der Waals surface area contributed by atoms with Crippen molar-refractivity contribution in [3.8, 4) is 0 Å². The first-order valence-electron chi connectivity index (χ1n) is 8.33. The van der Waals surface area contributed by atoms with Gasteiger partial charge in [-0.05, 0) is 36.6 Å². The number of benzene rings is 1. The fraction of sp³-hybridized carbons (Fsp3) is 0.333. The molecular weight excluding hydrogens is 464 g/mol. The first-order chi connectivity index (χ1) is 12.2. The SMILES string of the molecule is CCc1cnc(CNC(=NC)NCCc2c[nH]c3ccc(F)cc23)s1.I. The largest absolute Gasteiger partial charge is 0.361 e. The lowest BCUT2D eigenvalue weighted by Gasteiger charge is -2.10. The summed E-state index contributed by atoms with van der Waals surface area (Å²) in [6.45, 7) is 3.49. The van der Waals surface area contributed by atoms with Crippen molar-refractivity contribution in [3.05, 3.63) is 51.9 Å². The summed E-state index contributed by atoms with van der Waals surface area (Å²) in [6, 6.07) is 4.80. The van der Waals surface area contributed by atoms with Crippen molar-refractivity contribution < 1.29 is 4.39 Å². The molecule has 0 saturated carbocycles. The topological polar surface area (TPSA) is 65.1 Å². The standard InChI is InChI=1S/C18H22FN5S.HI/c1-3-14-10-23-17(25-14)11-24-18(20-2)21-7-6-12-9-22-16-5-4-13(19)8-15(12)16;/h4-5,8-10,22H,3,6-7,11H2,1-2H3,(H2,20,21,24);1H. The number of H-pyrrole nitrogens is 1. The Morgan fingerprint density at radius 3 is 2.92 bits per heavy atom. The van der Waals surface area contributed by atoms with Gasteiger partial charge in [-0.2, -0.15) is 0 Å². The Kier molecular flexibility index (Phi) is 7.83. The van der Waals surface area contributed by atoms with E-state index in [1.54, 1.807) is 30.5 Å². The molecule has 0 aliphatic rings. The Morgan fingerprint density at radius 1 is 1.35 bits per heavy atom. The summed E-state index contributed by atoms with van der Waals surface area (Å²) in [6.07, 6.45) is 5.65. The second-order valence-corrected chi connectivity index (χ2v) is 6.88. The molecule has 3 N–H and O–H groups in total. The number of thiazole rings is 1. The molecule has 3 rings (SSSR count). The van der Waals surface area contributed by atoms with E-state index < -0.39 is 0 Å².